The van der Waals surface area contributed by atoms with Crippen molar-refractivity contribution in [3.8, 4) is 0 Å². The Kier molecular flexibility index (Phi) is 6.32. The molecule has 0 radical (unpaired) electrons. The molecule has 1 atom stereocenters. The number of nitrogens with zero attached hydrogens (tertiary/aromatic N) is 2. The van der Waals surface area contributed by atoms with Crippen LogP contribution in [0.15, 0.2) is 48.5 Å². The summed E-state index contributed by atoms with van der Waals surface area (Å²) in [4.78, 5) is 52.9. The average Bonchev–Trinajstić information content (AvgIpc) is 3.05. The molecule has 2 aliphatic rings. The van der Waals surface area contributed by atoms with Crippen LogP contribution in [0.25, 0.3) is 0 Å². The van der Waals surface area contributed by atoms with Crippen LogP contribution in [0.2, 0.25) is 0 Å². The Balaban J connectivity index is 1.36. The molecular weight excluding hydrogens is 446 g/mol. The lowest BCUT2D eigenvalue weighted by atomic mass is 9.91. The number of nitrogens with one attached hydrogen (secondary N) is 2. The second-order valence-electron chi connectivity index (χ2n) is 8.58. The predicted molar refractivity (Wildman–Crippen MR) is 118 cm³/mol. The van der Waals surface area contributed by atoms with E-state index >= 15 is 0 Å². The fourth-order valence-electron chi connectivity index (χ4n) is 4.30. The van der Waals surface area contributed by atoms with E-state index in [-0.39, 0.29) is 17.4 Å². The van der Waals surface area contributed by atoms with Crippen LogP contribution in [0.1, 0.15) is 25.3 Å². The Labute approximate surface area is 194 Å². The number of amides is 5. The third-order valence-corrected chi connectivity index (χ3v) is 6.30. The Hall–Kier alpha value is -3.82. The third kappa shape index (κ3) is 4.48. The molecule has 0 bridgehead atoms. The fraction of sp³-hybridized carbons (Fsp3) is 0.333. The van der Waals surface area contributed by atoms with Gasteiger partial charge in [0, 0.05) is 30.3 Å². The Morgan fingerprint density at radius 3 is 2.44 bits per heavy atom. The molecule has 5 amide bonds. The first-order valence-corrected chi connectivity index (χ1v) is 10.9. The smallest absolute Gasteiger partial charge is 0.325 e. The van der Waals surface area contributed by atoms with Gasteiger partial charge in [-0.25, -0.2) is 13.6 Å². The van der Waals surface area contributed by atoms with Crippen molar-refractivity contribution in [3.63, 3.8) is 0 Å². The molecule has 2 aliphatic heterocycles. The molecule has 2 heterocycles. The van der Waals surface area contributed by atoms with Crippen molar-refractivity contribution in [2.45, 2.75) is 25.3 Å². The number of para-hydroxylation sites is 1. The zero-order chi connectivity index (χ0) is 24.5. The Bertz CT molecular complexity index is 1140. The molecule has 8 nitrogen and oxygen atoms in total. The van der Waals surface area contributed by atoms with Crippen LogP contribution in [-0.2, 0) is 19.9 Å². The van der Waals surface area contributed by atoms with Crippen LogP contribution in [0.3, 0.4) is 0 Å². The maximum absolute atomic E-state index is 14.3. The quantitative estimate of drug-likeness (QED) is 0.657. The Morgan fingerprint density at radius 2 is 1.76 bits per heavy atom. The lowest BCUT2D eigenvalue weighted by Gasteiger charge is -2.32. The molecule has 2 aromatic rings. The van der Waals surface area contributed by atoms with E-state index < -0.39 is 41.6 Å². The summed E-state index contributed by atoms with van der Waals surface area (Å²) in [6, 6.07) is 10.8. The second-order valence-corrected chi connectivity index (χ2v) is 8.58. The van der Waals surface area contributed by atoms with Crippen LogP contribution < -0.4 is 10.6 Å². The molecule has 0 aliphatic carbocycles. The summed E-state index contributed by atoms with van der Waals surface area (Å²) >= 11 is 0. The van der Waals surface area contributed by atoms with E-state index in [0.29, 0.717) is 36.5 Å². The molecule has 0 spiro atoms. The van der Waals surface area contributed by atoms with Gasteiger partial charge in [-0.05, 0) is 50.1 Å². The van der Waals surface area contributed by atoms with E-state index in [9.17, 15) is 28.0 Å². The molecule has 10 heteroatoms. The van der Waals surface area contributed by atoms with Gasteiger partial charge >= 0.3 is 6.03 Å². The van der Waals surface area contributed by atoms with Crippen molar-refractivity contribution in [1.29, 1.82) is 0 Å². The Morgan fingerprint density at radius 1 is 1.09 bits per heavy atom. The number of carbonyl (C=O) groups is 4. The maximum Gasteiger partial charge on any atom is 0.325 e. The topological polar surface area (TPSA) is 98.8 Å². The molecule has 2 N–H and O–H groups in total. The first-order chi connectivity index (χ1) is 16.2. The highest BCUT2D eigenvalue weighted by molar-refractivity contribution is 6.09. The van der Waals surface area contributed by atoms with Crippen molar-refractivity contribution < 1.29 is 28.0 Å². The number of rotatable bonds is 5. The minimum absolute atomic E-state index is 0.125. The highest BCUT2D eigenvalue weighted by atomic mass is 19.1. The largest absolute Gasteiger partial charge is 0.341 e. The van der Waals surface area contributed by atoms with Gasteiger partial charge in [0.1, 0.15) is 23.7 Å². The number of imide groups is 1. The van der Waals surface area contributed by atoms with Gasteiger partial charge in [-0.3, -0.25) is 19.3 Å². The highest BCUT2D eigenvalue weighted by Gasteiger charge is 2.51. The number of hydrogen-bond acceptors (Lipinski definition) is 4. The normalized spacial score (nSPS) is 20.9. The monoisotopic (exact) mass is 470 g/mol. The average molecular weight is 470 g/mol. The molecule has 34 heavy (non-hydrogen) atoms. The van der Waals surface area contributed by atoms with E-state index in [0.717, 1.165) is 18.2 Å². The van der Waals surface area contributed by atoms with Gasteiger partial charge in [0.25, 0.3) is 5.91 Å². The molecule has 1 unspecified atom stereocenters. The van der Waals surface area contributed by atoms with Crippen molar-refractivity contribution in [1.82, 2.24) is 15.1 Å². The van der Waals surface area contributed by atoms with E-state index in [1.807, 2.05) is 18.2 Å². The fourth-order valence-corrected chi connectivity index (χ4v) is 4.30. The van der Waals surface area contributed by atoms with Gasteiger partial charge < -0.3 is 15.5 Å². The van der Waals surface area contributed by atoms with E-state index in [1.165, 1.54) is 11.8 Å². The lowest BCUT2D eigenvalue weighted by Crippen LogP contribution is -2.47. The summed E-state index contributed by atoms with van der Waals surface area (Å²) in [5, 5.41) is 5.23. The van der Waals surface area contributed by atoms with Crippen molar-refractivity contribution in [3.05, 3.63) is 65.7 Å². The summed E-state index contributed by atoms with van der Waals surface area (Å²) in [7, 11) is 0. The third-order valence-electron chi connectivity index (χ3n) is 6.30. The summed E-state index contributed by atoms with van der Waals surface area (Å²) < 4.78 is 28.0. The van der Waals surface area contributed by atoms with E-state index in [1.54, 1.807) is 12.1 Å². The number of likely N-dealkylation sites (tertiary alicyclic amines) is 1. The molecule has 178 valence electrons. The molecule has 2 saturated heterocycles. The second kappa shape index (κ2) is 9.20. The van der Waals surface area contributed by atoms with Crippen LogP contribution in [0.4, 0.5) is 19.3 Å². The molecular formula is C24H24F2N4O4. The molecule has 0 saturated carbocycles. The maximum atomic E-state index is 14.3. The van der Waals surface area contributed by atoms with E-state index in [4.69, 9.17) is 0 Å². The molecule has 0 aromatic heterocycles. The predicted octanol–water partition coefficient (Wildman–Crippen LogP) is 2.61. The number of anilines is 1. The summed E-state index contributed by atoms with van der Waals surface area (Å²) in [5.74, 6) is -3.29. The first-order valence-electron chi connectivity index (χ1n) is 10.9. The van der Waals surface area contributed by atoms with Crippen molar-refractivity contribution >= 4 is 29.4 Å². The molecule has 2 aromatic carbocycles. The van der Waals surface area contributed by atoms with Gasteiger partial charge in [-0.15, -0.1) is 0 Å². The number of urea groups is 1. The zero-order valence-corrected chi connectivity index (χ0v) is 18.5. The zero-order valence-electron chi connectivity index (χ0n) is 18.5. The van der Waals surface area contributed by atoms with Gasteiger partial charge in [-0.2, -0.15) is 0 Å². The van der Waals surface area contributed by atoms with Gasteiger partial charge in [0.05, 0.1) is 0 Å². The van der Waals surface area contributed by atoms with Crippen LogP contribution in [-0.4, -0.2) is 53.2 Å². The lowest BCUT2D eigenvalue weighted by molar-refractivity contribution is -0.140. The number of carbonyl (C=O) groups excluding carboxylic acids is 4. The minimum Gasteiger partial charge on any atom is -0.341 e. The number of benzene rings is 2. The van der Waals surface area contributed by atoms with Crippen LogP contribution in [0.5, 0.6) is 0 Å². The van der Waals surface area contributed by atoms with Crippen molar-refractivity contribution in [2.75, 3.05) is 25.0 Å². The van der Waals surface area contributed by atoms with Crippen molar-refractivity contribution in [2.24, 2.45) is 5.92 Å². The highest BCUT2D eigenvalue weighted by Crippen LogP contribution is 2.31. The SMILES string of the molecule is CC1(c2cc(F)ccc2F)NC(=O)N(CC(=O)N2CCC(C(=O)Nc3ccccc3)CC2)C1=O. The number of piperidine rings is 1. The number of halogens is 2. The van der Waals surface area contributed by atoms with Gasteiger partial charge in [-0.1, -0.05) is 18.2 Å². The first kappa shape index (κ1) is 23.3. The van der Waals surface area contributed by atoms with E-state index in [2.05, 4.69) is 10.6 Å². The minimum atomic E-state index is -1.83. The van der Waals surface area contributed by atoms with Crippen LogP contribution >= 0.6 is 0 Å². The van der Waals surface area contributed by atoms with Gasteiger partial charge in [0.2, 0.25) is 11.8 Å². The van der Waals surface area contributed by atoms with Crippen LogP contribution in [0, 0.1) is 17.6 Å². The van der Waals surface area contributed by atoms with Gasteiger partial charge in [0.15, 0.2) is 0 Å². The summed E-state index contributed by atoms with van der Waals surface area (Å²) in [5.41, 5.74) is -1.44. The number of hydrogen-bond donors (Lipinski definition) is 2. The molecule has 2 fully saturated rings. The summed E-state index contributed by atoms with van der Waals surface area (Å²) in [6.45, 7) is 1.33. The standard InChI is InChI=1S/C24H24F2N4O4/c1-24(18-13-16(25)7-8-19(18)26)22(33)30(23(34)28-24)14-20(31)29-11-9-15(10-12-29)21(32)27-17-5-3-2-4-6-17/h2-8,13,15H,9-12,14H2,1H3,(H,27,32)(H,28,34). The molecule has 4 rings (SSSR count). The summed E-state index contributed by atoms with van der Waals surface area (Å²) in [6.07, 6.45) is 0.882.